The largest absolute Gasteiger partial charge is 0.344 e. The van der Waals surface area contributed by atoms with Crippen LogP contribution in [0.25, 0.3) is 32.7 Å². The molecule has 2 nitrogen and oxygen atoms in total. The Labute approximate surface area is 284 Å². The normalized spacial score (nSPS) is 13.2. The van der Waals surface area contributed by atoms with E-state index in [1.165, 1.54) is 49.5 Å². The van der Waals surface area contributed by atoms with Crippen molar-refractivity contribution in [1.29, 1.82) is 0 Å². The molecule has 0 fully saturated rings. The van der Waals surface area contributed by atoms with Crippen molar-refractivity contribution in [2.45, 2.75) is 12.8 Å². The third-order valence-corrected chi connectivity index (χ3v) is 9.18. The van der Waals surface area contributed by atoms with Crippen molar-refractivity contribution in [3.8, 4) is 11.1 Å². The lowest BCUT2D eigenvalue weighted by molar-refractivity contribution is 1.02. The van der Waals surface area contributed by atoms with Gasteiger partial charge in [-0.15, -0.1) is 0 Å². The minimum Gasteiger partial charge on any atom is -0.344 e. The highest BCUT2D eigenvalue weighted by molar-refractivity contribution is 6.13. The van der Waals surface area contributed by atoms with E-state index in [1.807, 2.05) is 12.2 Å². The maximum absolute atomic E-state index is 3.88. The van der Waals surface area contributed by atoms with Crippen LogP contribution in [0.1, 0.15) is 12.8 Å². The molecule has 0 saturated heterocycles. The zero-order chi connectivity index (χ0) is 32.7. The summed E-state index contributed by atoms with van der Waals surface area (Å²) in [4.78, 5) is 4.66. The molecule has 0 unspecified atom stereocenters. The first-order valence-corrected chi connectivity index (χ1v) is 16.7. The molecule has 0 aliphatic heterocycles. The van der Waals surface area contributed by atoms with Crippen molar-refractivity contribution < 1.29 is 0 Å². The molecule has 1 aliphatic carbocycles. The number of hydrogen-bond acceptors (Lipinski definition) is 2. The van der Waals surface area contributed by atoms with E-state index in [4.69, 9.17) is 0 Å². The highest BCUT2D eigenvalue weighted by Gasteiger charge is 2.13. The lowest BCUT2D eigenvalue weighted by Gasteiger charge is -2.25. The van der Waals surface area contributed by atoms with E-state index in [-0.39, 0.29) is 0 Å². The molecule has 48 heavy (non-hydrogen) atoms. The summed E-state index contributed by atoms with van der Waals surface area (Å²) in [5.74, 6) is 0. The molecule has 1 aliphatic rings. The second-order valence-corrected chi connectivity index (χ2v) is 12.2. The Morgan fingerprint density at radius 1 is 0.667 bits per heavy atom. The van der Waals surface area contributed by atoms with Gasteiger partial charge >= 0.3 is 0 Å². The molecular formula is C46H40N2. The smallest absolute Gasteiger partial charge is 0.0494 e. The monoisotopic (exact) mass is 620 g/mol. The fourth-order valence-corrected chi connectivity index (χ4v) is 6.60. The van der Waals surface area contributed by atoms with Gasteiger partial charge in [0.15, 0.2) is 0 Å². The van der Waals surface area contributed by atoms with Gasteiger partial charge in [-0.3, -0.25) is 0 Å². The molecule has 234 valence electrons. The maximum atomic E-state index is 3.88. The summed E-state index contributed by atoms with van der Waals surface area (Å²) >= 11 is 0. The highest BCUT2D eigenvalue weighted by Crippen LogP contribution is 2.37. The molecule has 6 aromatic carbocycles. The first-order valence-electron chi connectivity index (χ1n) is 16.7. The molecule has 6 aromatic rings. The molecule has 0 saturated carbocycles. The lowest BCUT2D eigenvalue weighted by Crippen LogP contribution is -2.17. The summed E-state index contributed by atoms with van der Waals surface area (Å²) in [6.45, 7) is 4.63. The van der Waals surface area contributed by atoms with E-state index in [9.17, 15) is 0 Å². The van der Waals surface area contributed by atoms with Crippen LogP contribution in [0.4, 0.5) is 22.7 Å². The van der Waals surface area contributed by atoms with Crippen LogP contribution in [-0.2, 0) is 0 Å². The Hall–Kier alpha value is -5.86. The number of nitrogens with zero attached hydrogens (tertiary/aromatic N) is 2. The van der Waals surface area contributed by atoms with Gasteiger partial charge in [0, 0.05) is 41.7 Å². The summed E-state index contributed by atoms with van der Waals surface area (Å²) in [5.41, 5.74) is 9.55. The number of para-hydroxylation sites is 1. The lowest BCUT2D eigenvalue weighted by atomic mass is 9.98. The Morgan fingerprint density at radius 3 is 1.98 bits per heavy atom. The van der Waals surface area contributed by atoms with E-state index >= 15 is 0 Å². The minimum absolute atomic E-state index is 0.746. The highest BCUT2D eigenvalue weighted by atomic mass is 15.1. The Balaban J connectivity index is 1.15. The number of allylic oxidation sites excluding steroid dienone is 8. The van der Waals surface area contributed by atoms with Crippen LogP contribution >= 0.6 is 0 Å². The number of rotatable bonds is 10. The van der Waals surface area contributed by atoms with Gasteiger partial charge < -0.3 is 9.80 Å². The second kappa shape index (κ2) is 14.3. The first kappa shape index (κ1) is 30.8. The average Bonchev–Trinajstić information content (AvgIpc) is 3.16. The predicted molar refractivity (Wildman–Crippen MR) is 209 cm³/mol. The molecule has 0 N–H and O–H groups in total. The van der Waals surface area contributed by atoms with Crippen LogP contribution in [0, 0.1) is 0 Å². The fraction of sp³-hybridized carbons (Fsp3) is 0.0870. The zero-order valence-corrected chi connectivity index (χ0v) is 27.5. The minimum atomic E-state index is 0.746. The molecular weight excluding hydrogens is 581 g/mol. The summed E-state index contributed by atoms with van der Waals surface area (Å²) in [7, 11) is 2.16. The second-order valence-electron chi connectivity index (χ2n) is 12.2. The van der Waals surface area contributed by atoms with E-state index in [0.29, 0.717) is 0 Å². The maximum Gasteiger partial charge on any atom is 0.0494 e. The number of fused-ring (bicyclic) bond motifs is 3. The van der Waals surface area contributed by atoms with Gasteiger partial charge in [0.05, 0.1) is 0 Å². The average molecular weight is 621 g/mol. The van der Waals surface area contributed by atoms with Crippen LogP contribution in [0.2, 0.25) is 0 Å². The quantitative estimate of drug-likeness (QED) is 0.111. The van der Waals surface area contributed by atoms with Crippen LogP contribution in [0.15, 0.2) is 194 Å². The molecule has 2 heteroatoms. The Morgan fingerprint density at radius 2 is 1.29 bits per heavy atom. The summed E-state index contributed by atoms with van der Waals surface area (Å²) < 4.78 is 0. The molecule has 0 spiro atoms. The standard InChI is InChI=1S/C46H40N2/c1-3-4-15-36(35-16-7-5-8-17-35)32-33-48(41-19-9-6-10-20-41)42-30-26-38(27-31-42)37-24-28-40(29-25-37)47(2)46-34-39-18-11-12-21-43(39)44-22-13-14-23-45(44)46/h3-4,6-7,9-32,34H,1,5,8,33H2,2H3/b15-4-,36-32+. The van der Waals surface area contributed by atoms with Crippen LogP contribution in [0.5, 0.6) is 0 Å². The molecule has 0 radical (unpaired) electrons. The third-order valence-electron chi connectivity index (χ3n) is 9.18. The van der Waals surface area contributed by atoms with Crippen molar-refractivity contribution >= 4 is 44.3 Å². The van der Waals surface area contributed by atoms with Gasteiger partial charge in [0.1, 0.15) is 0 Å². The molecule has 0 atom stereocenters. The molecule has 0 amide bonds. The molecule has 7 rings (SSSR count). The molecule has 0 heterocycles. The van der Waals surface area contributed by atoms with Gasteiger partial charge in [-0.2, -0.15) is 0 Å². The number of benzene rings is 6. The summed E-state index contributed by atoms with van der Waals surface area (Å²) in [6, 6.07) is 48.1. The predicted octanol–water partition coefficient (Wildman–Crippen LogP) is 12.5. The summed E-state index contributed by atoms with van der Waals surface area (Å²) in [6.07, 6.45) is 17.3. The van der Waals surface area contributed by atoms with Crippen molar-refractivity contribution in [1.82, 2.24) is 0 Å². The van der Waals surface area contributed by atoms with Crippen LogP contribution < -0.4 is 9.80 Å². The third kappa shape index (κ3) is 6.52. The van der Waals surface area contributed by atoms with E-state index in [1.54, 1.807) is 0 Å². The number of anilines is 4. The van der Waals surface area contributed by atoms with E-state index < -0.39 is 0 Å². The van der Waals surface area contributed by atoms with Gasteiger partial charge in [-0.25, -0.2) is 0 Å². The van der Waals surface area contributed by atoms with E-state index in [2.05, 4.69) is 187 Å². The molecule has 0 aromatic heterocycles. The van der Waals surface area contributed by atoms with Gasteiger partial charge in [-0.1, -0.05) is 140 Å². The summed E-state index contributed by atoms with van der Waals surface area (Å²) in [5, 5.41) is 5.07. The van der Waals surface area contributed by atoms with Crippen LogP contribution in [0.3, 0.4) is 0 Å². The van der Waals surface area contributed by atoms with Gasteiger partial charge in [0.25, 0.3) is 0 Å². The van der Waals surface area contributed by atoms with Crippen LogP contribution in [-0.4, -0.2) is 13.6 Å². The zero-order valence-electron chi connectivity index (χ0n) is 27.5. The van der Waals surface area contributed by atoms with Gasteiger partial charge in [0.2, 0.25) is 0 Å². The van der Waals surface area contributed by atoms with Crippen molar-refractivity contribution in [2.75, 3.05) is 23.4 Å². The van der Waals surface area contributed by atoms with Crippen molar-refractivity contribution in [2.24, 2.45) is 0 Å². The van der Waals surface area contributed by atoms with Crippen molar-refractivity contribution in [3.05, 3.63) is 194 Å². The van der Waals surface area contributed by atoms with Crippen molar-refractivity contribution in [3.63, 3.8) is 0 Å². The molecule has 0 bridgehead atoms. The Bertz CT molecular complexity index is 2160. The Kier molecular flexibility index (Phi) is 9.15. The first-order chi connectivity index (χ1) is 23.7. The van der Waals surface area contributed by atoms with E-state index in [0.717, 1.165) is 36.4 Å². The fourth-order valence-electron chi connectivity index (χ4n) is 6.60. The van der Waals surface area contributed by atoms with Gasteiger partial charge in [-0.05, 0) is 93.7 Å². The number of hydrogen-bond donors (Lipinski definition) is 0. The topological polar surface area (TPSA) is 6.48 Å². The SMILES string of the molecule is C=C/C=C\C(=C/CN(c1ccccc1)c1ccc(-c2ccc(N(C)c3cc4ccccc4c4ccccc34)cc2)cc1)C1=CCCC=C1.